The van der Waals surface area contributed by atoms with Crippen molar-refractivity contribution in [2.75, 3.05) is 26.7 Å². The van der Waals surface area contributed by atoms with Crippen molar-refractivity contribution >= 4 is 33.7 Å². The Morgan fingerprint density at radius 3 is 2.77 bits per heavy atom. The van der Waals surface area contributed by atoms with Gasteiger partial charge in [0.25, 0.3) is 0 Å². The number of unbranched alkanes of at least 4 members (excludes halogenated alkanes) is 1. The first kappa shape index (κ1) is 19.6. The Bertz CT molecular complexity index is 603. The fourth-order valence-corrected chi connectivity index (χ4v) is 5.67. The highest BCUT2D eigenvalue weighted by molar-refractivity contribution is 9.09. The van der Waals surface area contributed by atoms with Crippen LogP contribution in [0.1, 0.15) is 26.2 Å². The van der Waals surface area contributed by atoms with Gasteiger partial charge >= 0.3 is 0 Å². The maximum atomic E-state index is 13.1. The van der Waals surface area contributed by atoms with E-state index in [-0.39, 0.29) is 35.7 Å². The summed E-state index contributed by atoms with van der Waals surface area (Å²) in [5.74, 6) is -2.16. The summed E-state index contributed by atoms with van der Waals surface area (Å²) >= 11 is 3.57. The van der Waals surface area contributed by atoms with E-state index in [1.807, 2.05) is 6.92 Å². The number of likely N-dealkylation sites (tertiary alicyclic amines) is 1. The minimum absolute atomic E-state index is 0.0460. The summed E-state index contributed by atoms with van der Waals surface area (Å²) in [6.07, 6.45) is 1.83. The molecule has 0 radical (unpaired) electrons. The summed E-state index contributed by atoms with van der Waals surface area (Å²) in [7, 11) is 1.53. The van der Waals surface area contributed by atoms with Gasteiger partial charge in [-0.1, -0.05) is 29.3 Å². The summed E-state index contributed by atoms with van der Waals surface area (Å²) < 4.78 is 6.21. The predicted molar refractivity (Wildman–Crippen MR) is 96.5 cm³/mol. The number of aliphatic hydroxyl groups excluding tert-OH is 1. The highest BCUT2D eigenvalue weighted by Gasteiger charge is 2.76. The third-order valence-electron chi connectivity index (χ3n) is 5.76. The Labute approximate surface area is 161 Å². The summed E-state index contributed by atoms with van der Waals surface area (Å²) in [5.41, 5.74) is -1.03. The number of ether oxygens (including phenoxy) is 1. The summed E-state index contributed by atoms with van der Waals surface area (Å²) in [5, 5.41) is 14.9. The van der Waals surface area contributed by atoms with Crippen LogP contribution in [0.5, 0.6) is 0 Å². The molecule has 3 unspecified atom stereocenters. The molecule has 3 saturated heterocycles. The molecule has 3 rings (SSSR count). The highest BCUT2D eigenvalue weighted by Crippen LogP contribution is 2.59. The number of nitrogens with one attached hydrogen (secondary N) is 2. The van der Waals surface area contributed by atoms with E-state index in [1.165, 1.54) is 11.9 Å². The van der Waals surface area contributed by atoms with Gasteiger partial charge in [-0.3, -0.25) is 14.4 Å². The molecule has 3 N–H and O–H groups in total. The minimum Gasteiger partial charge on any atom is -0.395 e. The molecule has 0 aromatic carbocycles. The molecule has 3 amide bonds. The number of fused-ring (bicyclic) bond motifs is 1. The zero-order valence-corrected chi connectivity index (χ0v) is 16.6. The van der Waals surface area contributed by atoms with E-state index in [4.69, 9.17) is 4.74 Å². The number of aliphatic hydroxyl groups is 1. The molecule has 3 aliphatic heterocycles. The number of alkyl halides is 1. The molecule has 9 heteroatoms. The molecule has 2 bridgehead atoms. The van der Waals surface area contributed by atoms with E-state index >= 15 is 0 Å². The standard InChI is InChI=1S/C17H26BrN3O5/c1-3-4-5-20-15(24)13-17-8-9(18)12(26-17)10(14(23)19-2)11(17)16(25)21(13)6-7-22/h9-13,22H,3-8H2,1-2H3,(H,19,23)(H,20,24)/t9?,10-,11-,12-,13?,17?/m0/s1. The number of hydrogen-bond donors (Lipinski definition) is 3. The Morgan fingerprint density at radius 1 is 1.42 bits per heavy atom. The maximum Gasteiger partial charge on any atom is 0.245 e. The number of rotatable bonds is 7. The Morgan fingerprint density at radius 2 is 2.15 bits per heavy atom. The number of carbonyl (C=O) groups excluding carboxylic acids is 3. The van der Waals surface area contributed by atoms with Gasteiger partial charge in [-0.25, -0.2) is 0 Å². The molecule has 0 aliphatic carbocycles. The van der Waals surface area contributed by atoms with E-state index in [0.29, 0.717) is 13.0 Å². The zero-order chi connectivity index (χ0) is 19.1. The Balaban J connectivity index is 1.96. The molecule has 6 atom stereocenters. The molecule has 3 heterocycles. The van der Waals surface area contributed by atoms with Gasteiger partial charge in [0.1, 0.15) is 11.6 Å². The first-order valence-corrected chi connectivity index (χ1v) is 10.1. The average Bonchev–Trinajstić information content (AvgIpc) is 3.19. The third-order valence-corrected chi connectivity index (χ3v) is 6.60. The summed E-state index contributed by atoms with van der Waals surface area (Å²) in [4.78, 5) is 39.8. The molecule has 0 aromatic heterocycles. The lowest BCUT2D eigenvalue weighted by Gasteiger charge is -2.33. The van der Waals surface area contributed by atoms with E-state index < -0.39 is 29.6 Å². The molecule has 0 saturated carbocycles. The van der Waals surface area contributed by atoms with E-state index in [9.17, 15) is 19.5 Å². The summed E-state index contributed by atoms with van der Waals surface area (Å²) in [6.45, 7) is 2.35. The van der Waals surface area contributed by atoms with Gasteiger partial charge in [-0.05, 0) is 12.8 Å². The molecule has 1 spiro atoms. The quantitative estimate of drug-likeness (QED) is 0.368. The van der Waals surface area contributed by atoms with Crippen LogP contribution in [-0.2, 0) is 19.1 Å². The van der Waals surface area contributed by atoms with E-state index in [2.05, 4.69) is 26.6 Å². The van der Waals surface area contributed by atoms with Gasteiger partial charge in [0, 0.05) is 25.0 Å². The molecule has 3 fully saturated rings. The first-order chi connectivity index (χ1) is 12.4. The van der Waals surface area contributed by atoms with E-state index in [0.717, 1.165) is 12.8 Å². The van der Waals surface area contributed by atoms with Crippen molar-refractivity contribution in [3.05, 3.63) is 0 Å². The number of amides is 3. The van der Waals surface area contributed by atoms with Crippen molar-refractivity contribution in [2.45, 2.75) is 48.8 Å². The normalized spacial score (nSPS) is 37.8. The zero-order valence-electron chi connectivity index (χ0n) is 15.0. The van der Waals surface area contributed by atoms with Crippen molar-refractivity contribution in [1.29, 1.82) is 0 Å². The minimum atomic E-state index is -1.03. The number of β-amino-alcohol motifs (C(OH)–C–C–N with tert-alkyl or cyclic N) is 1. The second-order valence-corrected chi connectivity index (χ2v) is 8.35. The van der Waals surface area contributed by atoms with Gasteiger partial charge in [0.05, 0.1) is 24.5 Å². The van der Waals surface area contributed by atoms with Crippen molar-refractivity contribution in [3.63, 3.8) is 0 Å². The van der Waals surface area contributed by atoms with Crippen LogP contribution in [0.15, 0.2) is 0 Å². The van der Waals surface area contributed by atoms with Crippen LogP contribution in [-0.4, -0.2) is 77.0 Å². The van der Waals surface area contributed by atoms with Crippen LogP contribution in [0, 0.1) is 11.8 Å². The topological polar surface area (TPSA) is 108 Å². The van der Waals surface area contributed by atoms with Crippen LogP contribution in [0.2, 0.25) is 0 Å². The fraction of sp³-hybridized carbons (Fsp3) is 0.824. The molecule has 3 aliphatic rings. The lowest BCUT2D eigenvalue weighted by molar-refractivity contribution is -0.142. The van der Waals surface area contributed by atoms with Crippen LogP contribution in [0.4, 0.5) is 0 Å². The smallest absolute Gasteiger partial charge is 0.245 e. The maximum absolute atomic E-state index is 13.1. The largest absolute Gasteiger partial charge is 0.395 e. The lowest BCUT2D eigenvalue weighted by Crippen LogP contribution is -2.56. The van der Waals surface area contributed by atoms with Crippen molar-refractivity contribution in [3.8, 4) is 0 Å². The van der Waals surface area contributed by atoms with Crippen LogP contribution < -0.4 is 10.6 Å². The second kappa shape index (κ2) is 7.44. The fourth-order valence-electron chi connectivity index (χ4n) is 4.73. The van der Waals surface area contributed by atoms with Gasteiger partial charge in [-0.2, -0.15) is 0 Å². The van der Waals surface area contributed by atoms with Crippen LogP contribution in [0.3, 0.4) is 0 Å². The van der Waals surface area contributed by atoms with Gasteiger partial charge in [-0.15, -0.1) is 0 Å². The van der Waals surface area contributed by atoms with Gasteiger partial charge in [0.15, 0.2) is 0 Å². The highest BCUT2D eigenvalue weighted by atomic mass is 79.9. The predicted octanol–water partition coefficient (Wildman–Crippen LogP) is -0.611. The number of nitrogens with zero attached hydrogens (tertiary/aromatic N) is 1. The SMILES string of the molecule is CCCCNC(=O)C1N(CCO)C(=O)[C@@H]2[C@H](C(=O)NC)[C@H]3OC12CC3Br. The monoisotopic (exact) mass is 431 g/mol. The molecular weight excluding hydrogens is 406 g/mol. The second-order valence-electron chi connectivity index (χ2n) is 7.18. The third kappa shape index (κ3) is 2.75. The number of carbonyl (C=O) groups is 3. The van der Waals surface area contributed by atoms with Crippen LogP contribution >= 0.6 is 15.9 Å². The van der Waals surface area contributed by atoms with Crippen molar-refractivity contribution in [1.82, 2.24) is 15.5 Å². The Hall–Kier alpha value is -1.19. The Kier molecular flexibility index (Phi) is 5.60. The van der Waals surface area contributed by atoms with E-state index in [1.54, 1.807) is 0 Å². The molecule has 0 aromatic rings. The molecule has 26 heavy (non-hydrogen) atoms. The van der Waals surface area contributed by atoms with Crippen LogP contribution in [0.25, 0.3) is 0 Å². The average molecular weight is 432 g/mol. The lowest BCUT2D eigenvalue weighted by atomic mass is 9.70. The van der Waals surface area contributed by atoms with Gasteiger partial charge < -0.3 is 25.4 Å². The molecule has 146 valence electrons. The number of halogens is 1. The first-order valence-electron chi connectivity index (χ1n) is 9.15. The molecule has 8 nitrogen and oxygen atoms in total. The molecular formula is C17H26BrN3O5. The van der Waals surface area contributed by atoms with Crippen molar-refractivity contribution in [2.24, 2.45) is 11.8 Å². The number of hydrogen-bond acceptors (Lipinski definition) is 5. The van der Waals surface area contributed by atoms with Crippen molar-refractivity contribution < 1.29 is 24.2 Å². The van der Waals surface area contributed by atoms with Gasteiger partial charge in [0.2, 0.25) is 17.7 Å². The summed E-state index contributed by atoms with van der Waals surface area (Å²) in [6, 6.07) is -0.830.